The van der Waals surface area contributed by atoms with Gasteiger partial charge in [0.2, 0.25) is 5.91 Å². The van der Waals surface area contributed by atoms with Gasteiger partial charge in [-0.05, 0) is 26.0 Å². The Morgan fingerprint density at radius 1 is 1.32 bits per heavy atom. The second-order valence-electron chi connectivity index (χ2n) is 4.76. The van der Waals surface area contributed by atoms with Crippen LogP contribution in [0, 0.1) is 6.92 Å². The summed E-state index contributed by atoms with van der Waals surface area (Å²) in [7, 11) is 0. The first-order chi connectivity index (χ1) is 9.08. The number of anilines is 1. The Bertz CT molecular complexity index is 698. The first kappa shape index (κ1) is 11.7. The molecule has 2 aromatic rings. The number of aromatic nitrogens is 1. The van der Waals surface area contributed by atoms with Gasteiger partial charge in [-0.15, -0.1) is 0 Å². The number of Topliss-reactive ketones (excluding diaryl/α,β-unsaturated/α-hetero) is 1. The smallest absolute Gasteiger partial charge is 0.244 e. The quantitative estimate of drug-likeness (QED) is 0.795. The van der Waals surface area contributed by atoms with Gasteiger partial charge < -0.3 is 9.88 Å². The lowest BCUT2D eigenvalue weighted by molar-refractivity contribution is -0.116. The van der Waals surface area contributed by atoms with Gasteiger partial charge in [0.1, 0.15) is 6.54 Å². The zero-order valence-electron chi connectivity index (χ0n) is 10.9. The van der Waals surface area contributed by atoms with E-state index in [0.29, 0.717) is 5.56 Å². The van der Waals surface area contributed by atoms with Gasteiger partial charge >= 0.3 is 0 Å². The number of hydrogen-bond donors (Lipinski definition) is 1. The van der Waals surface area contributed by atoms with Crippen LogP contribution in [0.3, 0.4) is 0 Å². The summed E-state index contributed by atoms with van der Waals surface area (Å²) in [6.07, 6.45) is 0. The summed E-state index contributed by atoms with van der Waals surface area (Å²) in [5.41, 5.74) is 4.17. The lowest BCUT2D eigenvalue weighted by Crippen LogP contribution is -2.17. The average Bonchev–Trinajstić information content (AvgIpc) is 2.61. The number of carbonyl (C=O) groups is 2. The maximum atomic E-state index is 11.9. The molecule has 19 heavy (non-hydrogen) atoms. The van der Waals surface area contributed by atoms with E-state index in [1.54, 1.807) is 6.92 Å². The third-order valence-corrected chi connectivity index (χ3v) is 3.52. The Hall–Kier alpha value is -2.36. The number of nitrogens with one attached hydrogen (secondary N) is 1. The Balaban J connectivity index is 2.31. The summed E-state index contributed by atoms with van der Waals surface area (Å²) in [6, 6.07) is 9.51. The van der Waals surface area contributed by atoms with E-state index in [1.807, 2.05) is 41.8 Å². The van der Waals surface area contributed by atoms with E-state index < -0.39 is 0 Å². The molecule has 1 amide bonds. The van der Waals surface area contributed by atoms with Gasteiger partial charge in [0.15, 0.2) is 5.78 Å². The highest BCUT2D eigenvalue weighted by molar-refractivity contribution is 6.01. The number of ketones is 1. The van der Waals surface area contributed by atoms with Crippen molar-refractivity contribution in [3.8, 4) is 11.3 Å². The van der Waals surface area contributed by atoms with Crippen LogP contribution < -0.4 is 5.32 Å². The van der Waals surface area contributed by atoms with E-state index in [9.17, 15) is 9.59 Å². The monoisotopic (exact) mass is 254 g/mol. The molecule has 1 aromatic heterocycles. The van der Waals surface area contributed by atoms with E-state index in [4.69, 9.17) is 0 Å². The van der Waals surface area contributed by atoms with Crippen molar-refractivity contribution in [2.24, 2.45) is 0 Å². The Labute approximate surface area is 111 Å². The average molecular weight is 254 g/mol. The summed E-state index contributed by atoms with van der Waals surface area (Å²) in [6.45, 7) is 3.67. The molecule has 0 saturated carbocycles. The van der Waals surface area contributed by atoms with E-state index in [1.165, 1.54) is 0 Å². The number of hydrogen-bond acceptors (Lipinski definition) is 2. The summed E-state index contributed by atoms with van der Waals surface area (Å²) < 4.78 is 1.90. The number of rotatable bonds is 1. The third-order valence-electron chi connectivity index (χ3n) is 3.52. The Morgan fingerprint density at radius 2 is 2.05 bits per heavy atom. The molecule has 1 N–H and O–H groups in total. The molecule has 0 fully saturated rings. The minimum absolute atomic E-state index is 0.0240. The van der Waals surface area contributed by atoms with Crippen LogP contribution in [0.2, 0.25) is 0 Å². The predicted molar refractivity (Wildman–Crippen MR) is 73.2 cm³/mol. The second-order valence-corrected chi connectivity index (χ2v) is 4.76. The summed E-state index contributed by atoms with van der Waals surface area (Å²) in [5, 5.41) is 2.89. The van der Waals surface area contributed by atoms with Gasteiger partial charge in [0.05, 0.1) is 11.4 Å². The van der Waals surface area contributed by atoms with Crippen molar-refractivity contribution >= 4 is 17.4 Å². The highest BCUT2D eigenvalue weighted by Gasteiger charge is 2.22. The van der Waals surface area contributed by atoms with Crippen LogP contribution in [0.5, 0.6) is 0 Å². The highest BCUT2D eigenvalue weighted by atomic mass is 16.2. The van der Waals surface area contributed by atoms with Gasteiger partial charge in [0, 0.05) is 16.8 Å². The molecule has 4 heteroatoms. The number of nitrogens with zero attached hydrogens (tertiary/aromatic N) is 1. The van der Waals surface area contributed by atoms with Crippen LogP contribution in [-0.2, 0) is 11.3 Å². The largest absolute Gasteiger partial charge is 0.335 e. The zero-order chi connectivity index (χ0) is 13.6. The normalized spacial score (nSPS) is 13.3. The first-order valence-corrected chi connectivity index (χ1v) is 6.18. The Morgan fingerprint density at radius 3 is 2.79 bits per heavy atom. The highest BCUT2D eigenvalue weighted by Crippen LogP contribution is 2.33. The molecule has 2 heterocycles. The lowest BCUT2D eigenvalue weighted by Gasteiger charge is -2.06. The van der Waals surface area contributed by atoms with Gasteiger partial charge in [-0.25, -0.2) is 0 Å². The molecule has 1 aliphatic heterocycles. The summed E-state index contributed by atoms with van der Waals surface area (Å²) >= 11 is 0. The van der Waals surface area contributed by atoms with Crippen molar-refractivity contribution in [1.82, 2.24) is 4.57 Å². The van der Waals surface area contributed by atoms with Crippen LogP contribution in [0.15, 0.2) is 30.3 Å². The third kappa shape index (κ3) is 1.76. The number of benzene rings is 1. The second kappa shape index (κ2) is 4.09. The number of carbonyl (C=O) groups excluding carboxylic acids is 2. The SMILES string of the molecule is CC(=O)c1cc2n(c1C)CC(=O)Nc1ccccc1-2. The molecule has 0 unspecified atom stereocenters. The van der Waals surface area contributed by atoms with Crippen LogP contribution in [0.25, 0.3) is 11.3 Å². The molecule has 0 saturated heterocycles. The topological polar surface area (TPSA) is 51.1 Å². The minimum Gasteiger partial charge on any atom is -0.335 e. The van der Waals surface area contributed by atoms with E-state index in [0.717, 1.165) is 22.6 Å². The fraction of sp³-hybridized carbons (Fsp3) is 0.200. The molecule has 0 radical (unpaired) electrons. The van der Waals surface area contributed by atoms with Gasteiger partial charge in [-0.2, -0.15) is 0 Å². The standard InChI is InChI=1S/C15H14N2O2/c1-9-12(10(2)18)7-14-11-5-3-4-6-13(11)16-15(19)8-17(9)14/h3-7H,8H2,1-2H3,(H,16,19). The van der Waals surface area contributed by atoms with E-state index in [2.05, 4.69) is 5.32 Å². The molecule has 96 valence electrons. The van der Waals surface area contributed by atoms with Crippen molar-refractivity contribution in [2.45, 2.75) is 20.4 Å². The van der Waals surface area contributed by atoms with Crippen molar-refractivity contribution in [3.05, 3.63) is 41.6 Å². The maximum absolute atomic E-state index is 11.9. The zero-order valence-corrected chi connectivity index (χ0v) is 10.9. The molecule has 0 bridgehead atoms. The molecular formula is C15H14N2O2. The van der Waals surface area contributed by atoms with E-state index >= 15 is 0 Å². The van der Waals surface area contributed by atoms with Gasteiger partial charge in [0.25, 0.3) is 0 Å². The lowest BCUT2D eigenvalue weighted by atomic mass is 10.1. The molecule has 0 spiro atoms. The van der Waals surface area contributed by atoms with Crippen molar-refractivity contribution in [3.63, 3.8) is 0 Å². The maximum Gasteiger partial charge on any atom is 0.244 e. The number of amides is 1. The fourth-order valence-corrected chi connectivity index (χ4v) is 2.58. The van der Waals surface area contributed by atoms with Crippen molar-refractivity contribution in [2.75, 3.05) is 5.32 Å². The van der Waals surface area contributed by atoms with Gasteiger partial charge in [-0.3, -0.25) is 9.59 Å². The van der Waals surface area contributed by atoms with Crippen molar-refractivity contribution in [1.29, 1.82) is 0 Å². The van der Waals surface area contributed by atoms with Crippen LogP contribution in [-0.4, -0.2) is 16.3 Å². The van der Waals surface area contributed by atoms with Gasteiger partial charge in [-0.1, -0.05) is 18.2 Å². The molecule has 4 nitrogen and oxygen atoms in total. The van der Waals surface area contributed by atoms with Crippen LogP contribution in [0.1, 0.15) is 23.0 Å². The van der Waals surface area contributed by atoms with Crippen LogP contribution in [0.4, 0.5) is 5.69 Å². The van der Waals surface area contributed by atoms with E-state index in [-0.39, 0.29) is 18.2 Å². The molecule has 3 rings (SSSR count). The summed E-state index contributed by atoms with van der Waals surface area (Å²) in [4.78, 5) is 23.6. The predicted octanol–water partition coefficient (Wildman–Crippen LogP) is 2.62. The van der Waals surface area contributed by atoms with Crippen molar-refractivity contribution < 1.29 is 9.59 Å². The first-order valence-electron chi connectivity index (χ1n) is 6.18. The fourth-order valence-electron chi connectivity index (χ4n) is 2.58. The minimum atomic E-state index is -0.0694. The number of para-hydroxylation sites is 1. The molecule has 0 atom stereocenters. The Kier molecular flexibility index (Phi) is 2.52. The molecule has 1 aliphatic rings. The molecular weight excluding hydrogens is 240 g/mol. The summed E-state index contributed by atoms with van der Waals surface area (Å²) in [5.74, 6) is -0.0454. The molecule has 0 aliphatic carbocycles. The van der Waals surface area contributed by atoms with Crippen LogP contribution >= 0.6 is 0 Å². The molecule has 1 aromatic carbocycles. The number of fused-ring (bicyclic) bond motifs is 3.